The van der Waals surface area contributed by atoms with Gasteiger partial charge in [0.25, 0.3) is 0 Å². The SMILES string of the molecule is CCCCCCc1cccc(O)c1OC1CCCCC1. The quantitative estimate of drug-likeness (QED) is 0.691. The number of aryl methyl sites for hydroxylation is 1. The molecule has 0 radical (unpaired) electrons. The first-order valence-corrected chi connectivity index (χ1v) is 8.28. The molecule has 0 aliphatic heterocycles. The van der Waals surface area contributed by atoms with Gasteiger partial charge in [0.05, 0.1) is 6.10 Å². The van der Waals surface area contributed by atoms with Crippen LogP contribution >= 0.6 is 0 Å². The van der Waals surface area contributed by atoms with E-state index >= 15 is 0 Å². The van der Waals surface area contributed by atoms with Crippen molar-refractivity contribution in [2.75, 3.05) is 0 Å². The fourth-order valence-electron chi connectivity index (χ4n) is 3.00. The van der Waals surface area contributed by atoms with Gasteiger partial charge in [0.15, 0.2) is 11.5 Å². The summed E-state index contributed by atoms with van der Waals surface area (Å²) >= 11 is 0. The molecule has 0 unspecified atom stereocenters. The number of hydrogen-bond donors (Lipinski definition) is 1. The summed E-state index contributed by atoms with van der Waals surface area (Å²) in [6.07, 6.45) is 12.4. The van der Waals surface area contributed by atoms with Crippen molar-refractivity contribution in [3.8, 4) is 11.5 Å². The Kier molecular flexibility index (Phi) is 6.23. The van der Waals surface area contributed by atoms with Crippen LogP contribution in [0.4, 0.5) is 0 Å². The molecule has 2 rings (SSSR count). The van der Waals surface area contributed by atoms with Gasteiger partial charge in [0.1, 0.15) is 0 Å². The molecule has 1 saturated carbocycles. The third kappa shape index (κ3) is 4.43. The highest BCUT2D eigenvalue weighted by Gasteiger charge is 2.18. The predicted octanol–water partition coefficient (Wildman–Crippen LogP) is 5.23. The Hall–Kier alpha value is -1.18. The van der Waals surface area contributed by atoms with Crippen LogP contribution in [-0.2, 0) is 6.42 Å². The fourth-order valence-corrected chi connectivity index (χ4v) is 3.00. The van der Waals surface area contributed by atoms with Crippen LogP contribution in [0.3, 0.4) is 0 Å². The highest BCUT2D eigenvalue weighted by molar-refractivity contribution is 5.45. The van der Waals surface area contributed by atoms with E-state index < -0.39 is 0 Å². The molecule has 0 heterocycles. The third-order valence-electron chi connectivity index (χ3n) is 4.21. The molecule has 1 aliphatic rings. The number of ether oxygens (including phenoxy) is 1. The summed E-state index contributed by atoms with van der Waals surface area (Å²) in [5.41, 5.74) is 1.17. The lowest BCUT2D eigenvalue weighted by Gasteiger charge is -2.24. The molecule has 0 bridgehead atoms. The Bertz CT molecular complexity index is 394. The summed E-state index contributed by atoms with van der Waals surface area (Å²) in [7, 11) is 0. The number of para-hydroxylation sites is 1. The summed E-state index contributed by atoms with van der Waals surface area (Å²) in [5, 5.41) is 10.1. The fraction of sp³-hybridized carbons (Fsp3) is 0.667. The van der Waals surface area contributed by atoms with E-state index in [0.717, 1.165) is 25.0 Å². The summed E-state index contributed by atoms with van der Waals surface area (Å²) < 4.78 is 6.12. The van der Waals surface area contributed by atoms with Crippen LogP contribution in [0.2, 0.25) is 0 Å². The Morgan fingerprint density at radius 1 is 1.10 bits per heavy atom. The van der Waals surface area contributed by atoms with Crippen molar-refractivity contribution < 1.29 is 9.84 Å². The lowest BCUT2D eigenvalue weighted by molar-refractivity contribution is 0.148. The zero-order chi connectivity index (χ0) is 14.2. The first kappa shape index (κ1) is 15.2. The summed E-state index contributed by atoms with van der Waals surface area (Å²) in [5.74, 6) is 1.06. The number of unbranched alkanes of at least 4 members (excludes halogenated alkanes) is 3. The molecular formula is C18H28O2. The molecule has 112 valence electrons. The first-order chi connectivity index (χ1) is 9.81. The van der Waals surface area contributed by atoms with Gasteiger partial charge in [0, 0.05) is 0 Å². The van der Waals surface area contributed by atoms with Gasteiger partial charge in [-0.25, -0.2) is 0 Å². The molecule has 2 heteroatoms. The maximum Gasteiger partial charge on any atom is 0.164 e. The van der Waals surface area contributed by atoms with Crippen molar-refractivity contribution in [3.05, 3.63) is 23.8 Å². The number of aromatic hydroxyl groups is 1. The van der Waals surface area contributed by atoms with E-state index in [9.17, 15) is 5.11 Å². The van der Waals surface area contributed by atoms with Gasteiger partial charge >= 0.3 is 0 Å². The second kappa shape index (κ2) is 8.18. The summed E-state index contributed by atoms with van der Waals surface area (Å²) in [4.78, 5) is 0. The van der Waals surface area contributed by atoms with Crippen molar-refractivity contribution >= 4 is 0 Å². The minimum absolute atomic E-state index is 0.298. The number of phenols is 1. The number of rotatable bonds is 7. The maximum atomic E-state index is 10.1. The standard InChI is InChI=1S/C18H28O2/c1-2-3-4-6-10-15-11-9-14-17(19)18(15)20-16-12-7-5-8-13-16/h9,11,14,16,19H,2-8,10,12-13H2,1H3. The number of hydrogen-bond acceptors (Lipinski definition) is 2. The maximum absolute atomic E-state index is 10.1. The van der Waals surface area contributed by atoms with Crippen LogP contribution in [-0.4, -0.2) is 11.2 Å². The van der Waals surface area contributed by atoms with E-state index in [1.165, 1.54) is 50.5 Å². The normalized spacial score (nSPS) is 16.2. The molecule has 0 saturated heterocycles. The van der Waals surface area contributed by atoms with Gasteiger partial charge in [-0.3, -0.25) is 0 Å². The molecule has 1 aromatic carbocycles. The van der Waals surface area contributed by atoms with Gasteiger partial charge in [-0.15, -0.1) is 0 Å². The third-order valence-corrected chi connectivity index (χ3v) is 4.21. The van der Waals surface area contributed by atoms with Crippen molar-refractivity contribution in [2.45, 2.75) is 77.2 Å². The molecule has 2 nitrogen and oxygen atoms in total. The van der Waals surface area contributed by atoms with E-state index in [1.54, 1.807) is 6.07 Å². The lowest BCUT2D eigenvalue weighted by Crippen LogP contribution is -2.20. The molecule has 1 N–H and O–H groups in total. The number of benzene rings is 1. The summed E-state index contributed by atoms with van der Waals surface area (Å²) in [6, 6.07) is 5.77. The zero-order valence-electron chi connectivity index (χ0n) is 12.7. The average molecular weight is 276 g/mol. The van der Waals surface area contributed by atoms with E-state index in [0.29, 0.717) is 11.9 Å². The van der Waals surface area contributed by atoms with Crippen molar-refractivity contribution in [1.82, 2.24) is 0 Å². The second-order valence-corrected chi connectivity index (χ2v) is 5.95. The Morgan fingerprint density at radius 3 is 2.65 bits per heavy atom. The van der Waals surface area contributed by atoms with Gasteiger partial charge in [-0.2, -0.15) is 0 Å². The van der Waals surface area contributed by atoms with Crippen LogP contribution < -0.4 is 4.74 Å². The van der Waals surface area contributed by atoms with Crippen molar-refractivity contribution in [1.29, 1.82) is 0 Å². The molecule has 1 aromatic rings. The molecular weight excluding hydrogens is 248 g/mol. The van der Waals surface area contributed by atoms with E-state index in [1.807, 2.05) is 6.07 Å². The Morgan fingerprint density at radius 2 is 1.90 bits per heavy atom. The highest BCUT2D eigenvalue weighted by Crippen LogP contribution is 2.34. The van der Waals surface area contributed by atoms with E-state index in [2.05, 4.69) is 13.0 Å². The monoisotopic (exact) mass is 276 g/mol. The highest BCUT2D eigenvalue weighted by atomic mass is 16.5. The lowest BCUT2D eigenvalue weighted by atomic mass is 9.97. The Balaban J connectivity index is 1.97. The van der Waals surface area contributed by atoms with E-state index in [-0.39, 0.29) is 0 Å². The smallest absolute Gasteiger partial charge is 0.164 e. The Labute approximate surface area is 123 Å². The van der Waals surface area contributed by atoms with Crippen LogP contribution in [0.1, 0.15) is 70.3 Å². The van der Waals surface area contributed by atoms with Crippen molar-refractivity contribution in [2.24, 2.45) is 0 Å². The molecule has 0 amide bonds. The summed E-state index contributed by atoms with van der Waals surface area (Å²) in [6.45, 7) is 2.23. The van der Waals surface area contributed by atoms with E-state index in [4.69, 9.17) is 4.74 Å². The largest absolute Gasteiger partial charge is 0.504 e. The van der Waals surface area contributed by atoms with Gasteiger partial charge < -0.3 is 9.84 Å². The van der Waals surface area contributed by atoms with Crippen LogP contribution in [0.15, 0.2) is 18.2 Å². The van der Waals surface area contributed by atoms with Crippen molar-refractivity contribution in [3.63, 3.8) is 0 Å². The zero-order valence-corrected chi connectivity index (χ0v) is 12.7. The molecule has 0 atom stereocenters. The predicted molar refractivity (Wildman–Crippen MR) is 83.5 cm³/mol. The average Bonchev–Trinajstić information content (AvgIpc) is 2.48. The molecule has 0 aromatic heterocycles. The van der Waals surface area contributed by atoms with Gasteiger partial charge in [-0.1, -0.05) is 44.7 Å². The topological polar surface area (TPSA) is 29.5 Å². The van der Waals surface area contributed by atoms with Gasteiger partial charge in [-0.05, 0) is 50.2 Å². The molecule has 20 heavy (non-hydrogen) atoms. The minimum Gasteiger partial charge on any atom is -0.504 e. The van der Waals surface area contributed by atoms with Gasteiger partial charge in [0.2, 0.25) is 0 Å². The molecule has 1 aliphatic carbocycles. The minimum atomic E-state index is 0.298. The second-order valence-electron chi connectivity index (χ2n) is 5.95. The molecule has 1 fully saturated rings. The molecule has 0 spiro atoms. The number of phenolic OH excluding ortho intramolecular Hbond substituents is 1. The van der Waals surface area contributed by atoms with Crippen LogP contribution in [0.25, 0.3) is 0 Å². The van der Waals surface area contributed by atoms with Crippen LogP contribution in [0.5, 0.6) is 11.5 Å². The van der Waals surface area contributed by atoms with Crippen LogP contribution in [0, 0.1) is 0 Å². The first-order valence-electron chi connectivity index (χ1n) is 8.28.